The molecule has 0 spiro atoms. The van der Waals surface area contributed by atoms with Crippen LogP contribution in [-0.2, 0) is 6.18 Å². The van der Waals surface area contributed by atoms with Crippen molar-refractivity contribution in [1.29, 1.82) is 5.26 Å². The zero-order valence-corrected chi connectivity index (χ0v) is 31.6. The van der Waals surface area contributed by atoms with Crippen LogP contribution in [0.2, 0.25) is 0 Å². The Hall–Kier alpha value is -7.87. The third-order valence-electron chi connectivity index (χ3n) is 11.4. The first kappa shape index (κ1) is 35.5. The van der Waals surface area contributed by atoms with Gasteiger partial charge in [-0.15, -0.1) is 0 Å². The topological polar surface area (TPSA) is 38.0 Å². The van der Waals surface area contributed by atoms with Crippen LogP contribution in [0.5, 0.6) is 0 Å². The molecule has 0 bridgehead atoms. The second-order valence-electron chi connectivity index (χ2n) is 14.7. The highest BCUT2D eigenvalue weighted by Gasteiger charge is 2.33. The van der Waals surface area contributed by atoms with E-state index in [0.717, 1.165) is 66.6 Å². The van der Waals surface area contributed by atoms with E-state index in [9.17, 15) is 18.4 Å². The van der Waals surface area contributed by atoms with Gasteiger partial charge in [0.05, 0.1) is 45.8 Å². The van der Waals surface area contributed by atoms with Crippen molar-refractivity contribution in [3.63, 3.8) is 0 Å². The van der Waals surface area contributed by atoms with Crippen LogP contribution >= 0.6 is 0 Å². The highest BCUT2D eigenvalue weighted by atomic mass is 19.4. The number of benzene rings is 8. The highest BCUT2D eigenvalue weighted by molar-refractivity contribution is 6.12. The number of rotatable bonds is 5. The van der Waals surface area contributed by atoms with Crippen LogP contribution < -0.4 is 0 Å². The SMILES string of the molecule is [C-]#[N+]c1ccc(-n2c3ccccc3c3cc(-c4ccccc4C)ccc32)cc1-c1cc(-n2c3ccccc3c3cc(-c4ccccc4C(F)(F)F)ccc32)ccc1C#N. The molecule has 0 radical (unpaired) electrons. The lowest BCUT2D eigenvalue weighted by molar-refractivity contribution is -0.137. The van der Waals surface area contributed by atoms with Gasteiger partial charge in [-0.05, 0) is 119 Å². The van der Waals surface area contributed by atoms with Crippen LogP contribution in [0.25, 0.3) is 93.2 Å². The fourth-order valence-electron chi connectivity index (χ4n) is 8.68. The van der Waals surface area contributed by atoms with Gasteiger partial charge in [0.1, 0.15) is 0 Å². The summed E-state index contributed by atoms with van der Waals surface area (Å²) in [6, 6.07) is 55.7. The minimum Gasteiger partial charge on any atom is -0.309 e. The Labute approximate surface area is 337 Å². The molecule has 0 unspecified atom stereocenters. The Bertz CT molecular complexity index is 3430. The number of fused-ring (bicyclic) bond motifs is 6. The number of hydrogen-bond acceptors (Lipinski definition) is 1. The molecule has 10 rings (SSSR count). The monoisotopic (exact) mass is 768 g/mol. The molecule has 0 atom stereocenters. The molecule has 59 heavy (non-hydrogen) atoms. The number of nitriles is 1. The van der Waals surface area contributed by atoms with Crippen LogP contribution in [0.15, 0.2) is 170 Å². The third kappa shape index (κ3) is 5.75. The third-order valence-corrected chi connectivity index (χ3v) is 11.4. The standard InChI is InChI=1S/C52H31F3N4/c1-32-11-3-4-12-38(32)33-20-25-50-44(27-33)40-14-6-10-18-49(40)59(50)37-23-24-47(57-2)43(30-37)42-29-36(22-19-35(42)31-56)58-48-17-9-7-15-41(48)45-28-34(21-26-51(45)58)39-13-5-8-16-46(39)52(53,54)55/h3-30H,1H3. The second kappa shape index (κ2) is 13.7. The van der Waals surface area contributed by atoms with Crippen molar-refractivity contribution in [3.8, 4) is 50.8 Å². The second-order valence-corrected chi connectivity index (χ2v) is 14.7. The predicted octanol–water partition coefficient (Wildman–Crippen LogP) is 14.6. The number of nitrogens with zero attached hydrogens (tertiary/aromatic N) is 4. The smallest absolute Gasteiger partial charge is 0.309 e. The Morgan fingerprint density at radius 3 is 1.61 bits per heavy atom. The van der Waals surface area contributed by atoms with Crippen molar-refractivity contribution in [3.05, 3.63) is 198 Å². The largest absolute Gasteiger partial charge is 0.417 e. The predicted molar refractivity (Wildman–Crippen MR) is 232 cm³/mol. The van der Waals surface area contributed by atoms with Gasteiger partial charge in [-0.25, -0.2) is 4.85 Å². The summed E-state index contributed by atoms with van der Waals surface area (Å²) in [6.07, 6.45) is -4.51. The minimum absolute atomic E-state index is 0.112. The van der Waals surface area contributed by atoms with E-state index < -0.39 is 11.7 Å². The van der Waals surface area contributed by atoms with E-state index >= 15 is 0 Å². The summed E-state index contributed by atoms with van der Waals surface area (Å²) in [5.74, 6) is 0. The number of aromatic nitrogens is 2. The highest BCUT2D eigenvalue weighted by Crippen LogP contribution is 2.43. The summed E-state index contributed by atoms with van der Waals surface area (Å²) >= 11 is 0. The van der Waals surface area contributed by atoms with Crippen molar-refractivity contribution >= 4 is 49.3 Å². The summed E-state index contributed by atoms with van der Waals surface area (Å²) in [5, 5.41) is 14.4. The molecule has 7 heteroatoms. The van der Waals surface area contributed by atoms with Gasteiger partial charge in [-0.1, -0.05) is 97.1 Å². The summed E-state index contributed by atoms with van der Waals surface area (Å²) in [7, 11) is 0. The minimum atomic E-state index is -4.51. The molecule has 10 aromatic rings. The first-order valence-electron chi connectivity index (χ1n) is 19.1. The van der Waals surface area contributed by atoms with Gasteiger partial charge in [-0.3, -0.25) is 0 Å². The zero-order chi connectivity index (χ0) is 40.4. The average Bonchev–Trinajstić information content (AvgIpc) is 3.78. The molecule has 0 fully saturated rings. The molecule has 0 aliphatic rings. The van der Waals surface area contributed by atoms with Gasteiger partial charge in [0.2, 0.25) is 0 Å². The van der Waals surface area contributed by atoms with E-state index in [1.54, 1.807) is 18.2 Å². The van der Waals surface area contributed by atoms with E-state index in [0.29, 0.717) is 27.9 Å². The van der Waals surface area contributed by atoms with Crippen molar-refractivity contribution in [1.82, 2.24) is 9.13 Å². The van der Waals surface area contributed by atoms with Gasteiger partial charge >= 0.3 is 6.18 Å². The Morgan fingerprint density at radius 1 is 0.508 bits per heavy atom. The van der Waals surface area contributed by atoms with Crippen LogP contribution in [0, 0.1) is 24.8 Å². The van der Waals surface area contributed by atoms with Crippen molar-refractivity contribution < 1.29 is 13.2 Å². The molecule has 0 saturated heterocycles. The molecular weight excluding hydrogens is 738 g/mol. The van der Waals surface area contributed by atoms with Crippen LogP contribution in [-0.4, -0.2) is 9.13 Å². The normalized spacial score (nSPS) is 11.7. The van der Waals surface area contributed by atoms with Gasteiger partial charge < -0.3 is 9.13 Å². The van der Waals surface area contributed by atoms with Crippen molar-refractivity contribution in [2.45, 2.75) is 13.1 Å². The molecule has 0 amide bonds. The van der Waals surface area contributed by atoms with E-state index in [1.165, 1.54) is 23.3 Å². The van der Waals surface area contributed by atoms with Gasteiger partial charge in [-0.2, -0.15) is 18.4 Å². The van der Waals surface area contributed by atoms with Gasteiger partial charge in [0.25, 0.3) is 0 Å². The van der Waals surface area contributed by atoms with Gasteiger partial charge in [0, 0.05) is 32.9 Å². The van der Waals surface area contributed by atoms with Crippen LogP contribution in [0.3, 0.4) is 0 Å². The van der Waals surface area contributed by atoms with E-state index in [4.69, 9.17) is 6.57 Å². The maximum atomic E-state index is 14.1. The number of alkyl halides is 3. The summed E-state index contributed by atoms with van der Waals surface area (Å²) in [6.45, 7) is 10.3. The number of halogens is 3. The maximum absolute atomic E-state index is 14.1. The number of hydrogen-bond donors (Lipinski definition) is 0. The lowest BCUT2D eigenvalue weighted by Crippen LogP contribution is -2.06. The first-order valence-corrected chi connectivity index (χ1v) is 19.1. The summed E-state index contributed by atoms with van der Waals surface area (Å²) in [5.41, 5.74) is 10.7. The Kier molecular flexibility index (Phi) is 8.23. The molecule has 0 aliphatic heterocycles. The van der Waals surface area contributed by atoms with E-state index in [-0.39, 0.29) is 5.56 Å². The zero-order valence-electron chi connectivity index (χ0n) is 31.6. The maximum Gasteiger partial charge on any atom is 0.417 e. The fraction of sp³-hybridized carbons (Fsp3) is 0.0385. The first-order chi connectivity index (χ1) is 28.7. The van der Waals surface area contributed by atoms with Crippen molar-refractivity contribution in [2.75, 3.05) is 0 Å². The van der Waals surface area contributed by atoms with Gasteiger partial charge in [0.15, 0.2) is 5.69 Å². The molecule has 280 valence electrons. The number of para-hydroxylation sites is 2. The van der Waals surface area contributed by atoms with Crippen LogP contribution in [0.1, 0.15) is 16.7 Å². The van der Waals surface area contributed by atoms with E-state index in [1.807, 2.05) is 84.9 Å². The molecule has 2 aromatic heterocycles. The molecular formula is C52H31F3N4. The molecule has 8 aromatic carbocycles. The summed E-state index contributed by atoms with van der Waals surface area (Å²) in [4.78, 5) is 3.92. The summed E-state index contributed by atoms with van der Waals surface area (Å²) < 4.78 is 46.6. The molecule has 0 saturated carbocycles. The Balaban J connectivity index is 1.16. The molecule has 4 nitrogen and oxygen atoms in total. The average molecular weight is 769 g/mol. The lowest BCUT2D eigenvalue weighted by Gasteiger charge is -2.15. The lowest BCUT2D eigenvalue weighted by atomic mass is 9.97. The quantitative estimate of drug-likeness (QED) is 0.161. The molecule has 0 aliphatic carbocycles. The molecule has 0 N–H and O–H groups in total. The number of aryl methyl sites for hydroxylation is 1. The van der Waals surface area contributed by atoms with E-state index in [2.05, 4.69) is 75.5 Å². The Morgan fingerprint density at radius 2 is 1.02 bits per heavy atom. The molecule has 2 heterocycles. The van der Waals surface area contributed by atoms with Crippen LogP contribution in [0.4, 0.5) is 18.9 Å². The fourth-order valence-corrected chi connectivity index (χ4v) is 8.68. The van der Waals surface area contributed by atoms with Crippen molar-refractivity contribution in [2.24, 2.45) is 0 Å².